The van der Waals surface area contributed by atoms with Crippen LogP contribution < -0.4 is 10.1 Å². The highest BCUT2D eigenvalue weighted by molar-refractivity contribution is 5.30. The van der Waals surface area contributed by atoms with Gasteiger partial charge in [0.2, 0.25) is 0 Å². The van der Waals surface area contributed by atoms with Crippen molar-refractivity contribution >= 4 is 0 Å². The van der Waals surface area contributed by atoms with Crippen molar-refractivity contribution in [1.29, 1.82) is 0 Å². The molecule has 2 rings (SSSR count). The van der Waals surface area contributed by atoms with Crippen molar-refractivity contribution in [3.05, 3.63) is 41.2 Å². The van der Waals surface area contributed by atoms with Gasteiger partial charge in [-0.25, -0.2) is 4.39 Å². The fraction of sp³-hybridized carbons (Fsp3) is 0.500. The molecule has 0 radical (unpaired) electrons. The van der Waals surface area contributed by atoms with Crippen LogP contribution in [0.2, 0.25) is 0 Å². The highest BCUT2D eigenvalue weighted by Crippen LogP contribution is 2.21. The molecule has 0 saturated carbocycles. The Morgan fingerprint density at radius 2 is 2.21 bits per heavy atom. The van der Waals surface area contributed by atoms with E-state index in [0.29, 0.717) is 17.9 Å². The van der Waals surface area contributed by atoms with Crippen molar-refractivity contribution in [3.8, 4) is 5.75 Å². The van der Waals surface area contributed by atoms with Gasteiger partial charge in [0.25, 0.3) is 0 Å². The molecule has 0 fully saturated rings. The second kappa shape index (κ2) is 7.29. The van der Waals surface area contributed by atoms with Crippen molar-refractivity contribution in [2.75, 3.05) is 13.7 Å². The molecule has 1 N–H and O–H groups in total. The Balaban J connectivity index is 1.78. The first-order valence-electron chi connectivity index (χ1n) is 7.01. The molecule has 0 unspecified atom stereocenters. The minimum absolute atomic E-state index is 0.255. The summed E-state index contributed by atoms with van der Waals surface area (Å²) in [5.41, 5.74) is 2.21. The summed E-state index contributed by atoms with van der Waals surface area (Å²) in [6.07, 6.45) is 8.53. The second-order valence-corrected chi connectivity index (χ2v) is 4.97. The molecule has 3 heteroatoms. The van der Waals surface area contributed by atoms with Gasteiger partial charge in [-0.1, -0.05) is 23.8 Å². The fourth-order valence-corrected chi connectivity index (χ4v) is 2.45. The van der Waals surface area contributed by atoms with Gasteiger partial charge in [0.1, 0.15) is 0 Å². The highest BCUT2D eigenvalue weighted by Gasteiger charge is 2.08. The van der Waals surface area contributed by atoms with Crippen LogP contribution in [-0.4, -0.2) is 13.7 Å². The average Bonchev–Trinajstić information content (AvgIpc) is 2.46. The van der Waals surface area contributed by atoms with E-state index in [2.05, 4.69) is 11.4 Å². The summed E-state index contributed by atoms with van der Waals surface area (Å²) in [4.78, 5) is 0. The number of hydrogen-bond acceptors (Lipinski definition) is 2. The van der Waals surface area contributed by atoms with Crippen LogP contribution in [0.3, 0.4) is 0 Å². The van der Waals surface area contributed by atoms with Gasteiger partial charge >= 0.3 is 0 Å². The Labute approximate surface area is 114 Å². The smallest absolute Gasteiger partial charge is 0.169 e. The maximum absolute atomic E-state index is 13.9. The van der Waals surface area contributed by atoms with Gasteiger partial charge < -0.3 is 10.1 Å². The molecule has 1 aromatic rings. The van der Waals surface area contributed by atoms with Crippen LogP contribution in [0.25, 0.3) is 0 Å². The molecule has 0 spiro atoms. The number of hydrogen-bond donors (Lipinski definition) is 1. The van der Waals surface area contributed by atoms with Gasteiger partial charge in [-0.05, 0) is 44.7 Å². The molecular weight excluding hydrogens is 241 g/mol. The van der Waals surface area contributed by atoms with Crippen LogP contribution in [0, 0.1) is 5.82 Å². The SMILES string of the molecule is COc1cccc(CNCCC2=CCCCC2)c1F. The Bertz CT molecular complexity index is 442. The maximum atomic E-state index is 13.9. The lowest BCUT2D eigenvalue weighted by Gasteiger charge is -2.13. The Hall–Kier alpha value is -1.35. The summed E-state index contributed by atoms with van der Waals surface area (Å²) in [7, 11) is 1.49. The van der Waals surface area contributed by atoms with E-state index in [4.69, 9.17) is 4.74 Å². The van der Waals surface area contributed by atoms with Gasteiger partial charge in [-0.3, -0.25) is 0 Å². The third-order valence-electron chi connectivity index (χ3n) is 3.59. The second-order valence-electron chi connectivity index (χ2n) is 4.97. The summed E-state index contributed by atoms with van der Waals surface area (Å²) in [5, 5.41) is 3.30. The van der Waals surface area contributed by atoms with Gasteiger partial charge in [0.05, 0.1) is 7.11 Å². The molecule has 0 saturated heterocycles. The zero-order valence-electron chi connectivity index (χ0n) is 11.5. The van der Waals surface area contributed by atoms with Gasteiger partial charge in [-0.2, -0.15) is 0 Å². The average molecular weight is 263 g/mol. The summed E-state index contributed by atoms with van der Waals surface area (Å²) in [6.45, 7) is 1.46. The molecule has 0 amide bonds. The standard InChI is InChI=1S/C16H22FNO/c1-19-15-9-5-8-14(16(15)17)12-18-11-10-13-6-3-2-4-7-13/h5-6,8-9,18H,2-4,7,10-12H2,1H3. The van der Waals surface area contributed by atoms with Crippen molar-refractivity contribution in [1.82, 2.24) is 5.32 Å². The van der Waals surface area contributed by atoms with Crippen LogP contribution in [0.1, 0.15) is 37.7 Å². The molecule has 2 nitrogen and oxygen atoms in total. The van der Waals surface area contributed by atoms with Crippen LogP contribution in [-0.2, 0) is 6.54 Å². The molecule has 0 aliphatic heterocycles. The predicted octanol–water partition coefficient (Wildman–Crippen LogP) is 3.81. The zero-order chi connectivity index (χ0) is 13.5. The quantitative estimate of drug-likeness (QED) is 0.622. The fourth-order valence-electron chi connectivity index (χ4n) is 2.45. The molecule has 1 aliphatic carbocycles. The van der Waals surface area contributed by atoms with Gasteiger partial charge in [-0.15, -0.1) is 0 Å². The molecular formula is C16H22FNO. The highest BCUT2D eigenvalue weighted by atomic mass is 19.1. The molecule has 19 heavy (non-hydrogen) atoms. The molecule has 1 aromatic carbocycles. The number of allylic oxidation sites excluding steroid dienone is 1. The van der Waals surface area contributed by atoms with E-state index in [1.165, 1.54) is 32.8 Å². The lowest BCUT2D eigenvalue weighted by Crippen LogP contribution is -2.16. The van der Waals surface area contributed by atoms with Crippen LogP contribution in [0.5, 0.6) is 5.75 Å². The van der Waals surface area contributed by atoms with E-state index in [1.54, 1.807) is 17.7 Å². The Morgan fingerprint density at radius 3 is 2.95 bits per heavy atom. The number of halogens is 1. The van der Waals surface area contributed by atoms with E-state index in [1.807, 2.05) is 6.07 Å². The number of rotatable bonds is 6. The van der Waals surface area contributed by atoms with Crippen LogP contribution in [0.15, 0.2) is 29.8 Å². The predicted molar refractivity (Wildman–Crippen MR) is 75.8 cm³/mol. The summed E-state index contributed by atoms with van der Waals surface area (Å²) < 4.78 is 18.9. The topological polar surface area (TPSA) is 21.3 Å². The molecule has 104 valence electrons. The lowest BCUT2D eigenvalue weighted by molar-refractivity contribution is 0.383. The zero-order valence-corrected chi connectivity index (χ0v) is 11.5. The molecule has 0 heterocycles. The molecule has 1 aliphatic rings. The van der Waals surface area contributed by atoms with Crippen molar-refractivity contribution < 1.29 is 9.13 Å². The third kappa shape index (κ3) is 4.06. The summed E-state index contributed by atoms with van der Waals surface area (Å²) >= 11 is 0. The normalized spacial score (nSPS) is 15.2. The minimum atomic E-state index is -0.255. The first-order chi connectivity index (χ1) is 9.31. The molecule has 0 aromatic heterocycles. The van der Waals surface area contributed by atoms with E-state index in [-0.39, 0.29) is 5.82 Å². The number of methoxy groups -OCH3 is 1. The Morgan fingerprint density at radius 1 is 1.32 bits per heavy atom. The van der Waals surface area contributed by atoms with Crippen molar-refractivity contribution in [2.45, 2.75) is 38.6 Å². The van der Waals surface area contributed by atoms with E-state index in [0.717, 1.165) is 13.0 Å². The lowest BCUT2D eigenvalue weighted by atomic mass is 9.97. The van der Waals surface area contributed by atoms with E-state index < -0.39 is 0 Å². The minimum Gasteiger partial charge on any atom is -0.494 e. The van der Waals surface area contributed by atoms with Crippen molar-refractivity contribution in [2.24, 2.45) is 0 Å². The van der Waals surface area contributed by atoms with Crippen molar-refractivity contribution in [3.63, 3.8) is 0 Å². The first kappa shape index (κ1) is 14.1. The van der Waals surface area contributed by atoms with Gasteiger partial charge in [0, 0.05) is 12.1 Å². The first-order valence-corrected chi connectivity index (χ1v) is 7.01. The number of nitrogens with one attached hydrogen (secondary N) is 1. The van der Waals surface area contributed by atoms with Crippen LogP contribution in [0.4, 0.5) is 4.39 Å². The van der Waals surface area contributed by atoms with E-state index >= 15 is 0 Å². The molecule has 0 atom stereocenters. The maximum Gasteiger partial charge on any atom is 0.169 e. The van der Waals surface area contributed by atoms with Gasteiger partial charge in [0.15, 0.2) is 11.6 Å². The third-order valence-corrected chi connectivity index (χ3v) is 3.59. The molecule has 0 bridgehead atoms. The monoisotopic (exact) mass is 263 g/mol. The number of ether oxygens (including phenoxy) is 1. The largest absolute Gasteiger partial charge is 0.494 e. The summed E-state index contributed by atoms with van der Waals surface area (Å²) in [6, 6.07) is 5.26. The van der Waals surface area contributed by atoms with Crippen LogP contribution >= 0.6 is 0 Å². The van der Waals surface area contributed by atoms with E-state index in [9.17, 15) is 4.39 Å². The number of benzene rings is 1. The summed E-state index contributed by atoms with van der Waals surface area (Å²) in [5.74, 6) is 0.0590. The Kier molecular flexibility index (Phi) is 5.40.